The third kappa shape index (κ3) is 5.14. The lowest BCUT2D eigenvalue weighted by atomic mass is 10.3. The fourth-order valence-electron chi connectivity index (χ4n) is 3.21. The molecular formula is C23H23IN6O4. The molecule has 0 spiro atoms. The van der Waals surface area contributed by atoms with Crippen LogP contribution in [0.4, 0.5) is 11.4 Å². The summed E-state index contributed by atoms with van der Waals surface area (Å²) < 4.78 is 15.6. The standard InChI is InChI=1S/C23H23IN6O4/c1-4-30-21(23(32)27-18-11-25-29(3)14(18)2)19(12-26-30)28-22(31)20-10-9-17(34-20)13-33-16-7-5-15(24)6-8-16/h5-12H,4,13H2,1-3H3,(H,27,32)(H,28,31). The van der Waals surface area contributed by atoms with Crippen molar-refractivity contribution < 1.29 is 18.7 Å². The van der Waals surface area contributed by atoms with Crippen molar-refractivity contribution in [3.05, 3.63) is 75.3 Å². The monoisotopic (exact) mass is 574 g/mol. The van der Waals surface area contributed by atoms with Gasteiger partial charge in [0.05, 0.1) is 29.5 Å². The van der Waals surface area contributed by atoms with Crippen molar-refractivity contribution in [1.29, 1.82) is 0 Å². The van der Waals surface area contributed by atoms with Crippen LogP contribution in [0, 0.1) is 10.5 Å². The second-order valence-electron chi connectivity index (χ2n) is 7.41. The lowest BCUT2D eigenvalue weighted by Crippen LogP contribution is -2.21. The molecule has 2 N–H and O–H groups in total. The van der Waals surface area contributed by atoms with Crippen LogP contribution < -0.4 is 15.4 Å². The molecule has 34 heavy (non-hydrogen) atoms. The van der Waals surface area contributed by atoms with Crippen LogP contribution in [0.1, 0.15) is 39.4 Å². The Balaban J connectivity index is 1.45. The molecule has 11 heteroatoms. The maximum atomic E-state index is 13.0. The molecule has 0 aliphatic rings. The van der Waals surface area contributed by atoms with Gasteiger partial charge in [0.25, 0.3) is 11.8 Å². The average molecular weight is 574 g/mol. The molecule has 0 unspecified atom stereocenters. The third-order valence-electron chi connectivity index (χ3n) is 5.17. The van der Waals surface area contributed by atoms with E-state index in [-0.39, 0.29) is 23.7 Å². The molecule has 1 aromatic carbocycles. The summed E-state index contributed by atoms with van der Waals surface area (Å²) in [6, 6.07) is 10.8. The first-order valence-electron chi connectivity index (χ1n) is 10.5. The Morgan fingerprint density at radius 2 is 1.74 bits per heavy atom. The molecule has 2 amide bonds. The first-order chi connectivity index (χ1) is 16.4. The maximum absolute atomic E-state index is 13.0. The Morgan fingerprint density at radius 3 is 2.41 bits per heavy atom. The molecule has 0 aliphatic carbocycles. The summed E-state index contributed by atoms with van der Waals surface area (Å²) in [5.41, 5.74) is 1.89. The van der Waals surface area contributed by atoms with Crippen molar-refractivity contribution in [3.8, 4) is 5.75 Å². The number of amides is 2. The molecule has 0 saturated heterocycles. The molecule has 0 radical (unpaired) electrons. The lowest BCUT2D eigenvalue weighted by Gasteiger charge is -2.09. The number of rotatable bonds is 8. The van der Waals surface area contributed by atoms with E-state index in [9.17, 15) is 9.59 Å². The molecule has 10 nitrogen and oxygen atoms in total. The Kier molecular flexibility index (Phi) is 7.01. The van der Waals surface area contributed by atoms with E-state index in [0.717, 1.165) is 9.26 Å². The first-order valence-corrected chi connectivity index (χ1v) is 11.6. The predicted octanol–water partition coefficient (Wildman–Crippen LogP) is 4.23. The van der Waals surface area contributed by atoms with Gasteiger partial charge in [0, 0.05) is 17.2 Å². The molecule has 0 bridgehead atoms. The van der Waals surface area contributed by atoms with Gasteiger partial charge in [-0.3, -0.25) is 19.0 Å². The minimum absolute atomic E-state index is 0.0971. The van der Waals surface area contributed by atoms with Crippen LogP contribution >= 0.6 is 22.6 Å². The van der Waals surface area contributed by atoms with Crippen LogP contribution in [-0.4, -0.2) is 31.4 Å². The van der Waals surface area contributed by atoms with Crippen LogP contribution in [0.3, 0.4) is 0 Å². The summed E-state index contributed by atoms with van der Waals surface area (Å²) in [4.78, 5) is 25.8. The minimum Gasteiger partial charge on any atom is -0.486 e. The van der Waals surface area contributed by atoms with Gasteiger partial charge >= 0.3 is 0 Å². The number of hydrogen-bond donors (Lipinski definition) is 2. The van der Waals surface area contributed by atoms with E-state index in [1.165, 1.54) is 10.9 Å². The van der Waals surface area contributed by atoms with Gasteiger partial charge in [0.1, 0.15) is 23.8 Å². The fourth-order valence-corrected chi connectivity index (χ4v) is 3.57. The largest absolute Gasteiger partial charge is 0.486 e. The smallest absolute Gasteiger partial charge is 0.291 e. The summed E-state index contributed by atoms with van der Waals surface area (Å²) in [6.07, 6.45) is 3.01. The van der Waals surface area contributed by atoms with E-state index in [4.69, 9.17) is 9.15 Å². The van der Waals surface area contributed by atoms with Crippen LogP contribution in [0.25, 0.3) is 0 Å². The minimum atomic E-state index is -0.497. The number of nitrogens with one attached hydrogen (secondary N) is 2. The van der Waals surface area contributed by atoms with Gasteiger partial charge in [0.15, 0.2) is 5.76 Å². The Bertz CT molecular complexity index is 1320. The summed E-state index contributed by atoms with van der Waals surface area (Å²) >= 11 is 2.22. The topological polar surface area (TPSA) is 116 Å². The molecule has 3 heterocycles. The van der Waals surface area contributed by atoms with E-state index < -0.39 is 11.8 Å². The summed E-state index contributed by atoms with van der Waals surface area (Å²) in [7, 11) is 1.79. The molecular weight excluding hydrogens is 551 g/mol. The van der Waals surface area contributed by atoms with E-state index in [1.54, 1.807) is 30.1 Å². The molecule has 0 aliphatic heterocycles. The van der Waals surface area contributed by atoms with Gasteiger partial charge in [-0.15, -0.1) is 0 Å². The quantitative estimate of drug-likeness (QED) is 0.305. The normalized spacial score (nSPS) is 10.8. The van der Waals surface area contributed by atoms with Gasteiger partial charge in [-0.2, -0.15) is 10.2 Å². The number of anilines is 2. The van der Waals surface area contributed by atoms with Gasteiger partial charge in [0.2, 0.25) is 0 Å². The van der Waals surface area contributed by atoms with Crippen molar-refractivity contribution in [1.82, 2.24) is 19.6 Å². The number of nitrogens with zero attached hydrogens (tertiary/aromatic N) is 4. The Hall–Kier alpha value is -3.61. The SMILES string of the molecule is CCn1ncc(NC(=O)c2ccc(COc3ccc(I)cc3)o2)c1C(=O)Nc1cnn(C)c1C. The second-order valence-corrected chi connectivity index (χ2v) is 8.65. The van der Waals surface area contributed by atoms with Crippen molar-refractivity contribution in [3.63, 3.8) is 0 Å². The molecule has 176 valence electrons. The third-order valence-corrected chi connectivity index (χ3v) is 5.89. The molecule has 0 atom stereocenters. The molecule has 0 saturated carbocycles. The number of benzene rings is 1. The van der Waals surface area contributed by atoms with Crippen molar-refractivity contribution in [2.45, 2.75) is 27.0 Å². The summed E-state index contributed by atoms with van der Waals surface area (Å²) in [5, 5.41) is 13.9. The zero-order chi connectivity index (χ0) is 24.2. The number of aryl methyl sites for hydroxylation is 2. The zero-order valence-corrected chi connectivity index (χ0v) is 21.0. The first kappa shape index (κ1) is 23.5. The number of aromatic nitrogens is 4. The van der Waals surface area contributed by atoms with Gasteiger partial charge in [-0.1, -0.05) is 0 Å². The number of hydrogen-bond acceptors (Lipinski definition) is 6. The van der Waals surface area contributed by atoms with Crippen molar-refractivity contribution in [2.24, 2.45) is 7.05 Å². The highest BCUT2D eigenvalue weighted by atomic mass is 127. The summed E-state index contributed by atoms with van der Waals surface area (Å²) in [6.45, 7) is 4.33. The van der Waals surface area contributed by atoms with E-state index >= 15 is 0 Å². The number of ether oxygens (including phenoxy) is 1. The average Bonchev–Trinajstić information content (AvgIpc) is 3.54. The highest BCUT2D eigenvalue weighted by Gasteiger charge is 2.22. The van der Waals surface area contributed by atoms with Gasteiger partial charge in [-0.05, 0) is 72.8 Å². The van der Waals surface area contributed by atoms with Crippen LogP contribution in [-0.2, 0) is 20.2 Å². The van der Waals surface area contributed by atoms with Gasteiger partial charge < -0.3 is 19.8 Å². The highest BCUT2D eigenvalue weighted by Crippen LogP contribution is 2.21. The van der Waals surface area contributed by atoms with Crippen LogP contribution in [0.2, 0.25) is 0 Å². The number of halogens is 1. The Morgan fingerprint density at radius 1 is 1.03 bits per heavy atom. The zero-order valence-electron chi connectivity index (χ0n) is 18.8. The number of furan rings is 1. The number of carbonyl (C=O) groups is 2. The van der Waals surface area contributed by atoms with Crippen molar-refractivity contribution in [2.75, 3.05) is 10.6 Å². The molecule has 4 rings (SSSR count). The maximum Gasteiger partial charge on any atom is 0.291 e. The fraction of sp³-hybridized carbons (Fsp3) is 0.217. The molecule has 3 aromatic heterocycles. The highest BCUT2D eigenvalue weighted by molar-refractivity contribution is 14.1. The lowest BCUT2D eigenvalue weighted by molar-refractivity contribution is 0.0992. The van der Waals surface area contributed by atoms with Crippen molar-refractivity contribution >= 4 is 45.8 Å². The van der Waals surface area contributed by atoms with E-state index in [0.29, 0.717) is 23.7 Å². The van der Waals surface area contributed by atoms with Gasteiger partial charge in [-0.25, -0.2) is 0 Å². The van der Waals surface area contributed by atoms with Crippen LogP contribution in [0.15, 0.2) is 53.2 Å². The Labute approximate surface area is 209 Å². The predicted molar refractivity (Wildman–Crippen MR) is 134 cm³/mol. The second kappa shape index (κ2) is 10.1. The number of carbonyl (C=O) groups excluding carboxylic acids is 2. The summed E-state index contributed by atoms with van der Waals surface area (Å²) in [5.74, 6) is 0.395. The van der Waals surface area contributed by atoms with Crippen LogP contribution in [0.5, 0.6) is 5.75 Å². The molecule has 4 aromatic rings. The molecule has 0 fully saturated rings. The van der Waals surface area contributed by atoms with E-state index in [1.807, 2.05) is 38.1 Å². The van der Waals surface area contributed by atoms with E-state index in [2.05, 4.69) is 43.4 Å².